The number of rotatable bonds is 8. The molecule has 1 amide bonds. The molecule has 0 unspecified atom stereocenters. The summed E-state index contributed by atoms with van der Waals surface area (Å²) < 4.78 is 11.1. The topological polar surface area (TPSA) is 47.6 Å². The molecule has 3 aromatic carbocycles. The van der Waals surface area contributed by atoms with Crippen molar-refractivity contribution in [1.82, 2.24) is 5.32 Å². The lowest BCUT2D eigenvalue weighted by Crippen LogP contribution is -2.28. The van der Waals surface area contributed by atoms with Crippen molar-refractivity contribution in [2.24, 2.45) is 0 Å². The van der Waals surface area contributed by atoms with Crippen molar-refractivity contribution in [3.63, 3.8) is 0 Å². The number of methoxy groups -OCH3 is 1. The van der Waals surface area contributed by atoms with E-state index in [4.69, 9.17) is 9.47 Å². The SMILES string of the molecule is CCCc1ccc(OCCNC(=O)c2cc3ccccc3cc2OC)cc1. The molecule has 4 heteroatoms. The lowest BCUT2D eigenvalue weighted by atomic mass is 10.1. The van der Waals surface area contributed by atoms with E-state index in [9.17, 15) is 4.79 Å². The molecule has 0 saturated heterocycles. The Balaban J connectivity index is 1.57. The molecule has 0 bridgehead atoms. The number of carbonyl (C=O) groups excluding carboxylic acids is 1. The highest BCUT2D eigenvalue weighted by Crippen LogP contribution is 2.25. The Kier molecular flexibility index (Phi) is 6.31. The maximum atomic E-state index is 12.5. The van der Waals surface area contributed by atoms with Crippen LogP contribution in [0.1, 0.15) is 29.3 Å². The van der Waals surface area contributed by atoms with Crippen molar-refractivity contribution in [3.05, 3.63) is 71.8 Å². The molecule has 0 aromatic heterocycles. The number of amides is 1. The fourth-order valence-corrected chi connectivity index (χ4v) is 3.04. The first-order valence-corrected chi connectivity index (χ1v) is 9.28. The molecule has 1 N–H and O–H groups in total. The van der Waals surface area contributed by atoms with Crippen LogP contribution in [-0.4, -0.2) is 26.2 Å². The number of benzene rings is 3. The standard InChI is InChI=1S/C23H25NO3/c1-3-6-17-9-11-20(12-10-17)27-14-13-24-23(25)21-15-18-7-4-5-8-19(18)16-22(21)26-2/h4-5,7-12,15-16H,3,6,13-14H2,1-2H3,(H,24,25). The van der Waals surface area contributed by atoms with E-state index >= 15 is 0 Å². The molecule has 0 atom stereocenters. The van der Waals surface area contributed by atoms with Gasteiger partial charge in [0.05, 0.1) is 19.2 Å². The van der Waals surface area contributed by atoms with Gasteiger partial charge in [-0.25, -0.2) is 0 Å². The Labute approximate surface area is 160 Å². The minimum absolute atomic E-state index is 0.167. The average Bonchev–Trinajstić information content (AvgIpc) is 2.71. The highest BCUT2D eigenvalue weighted by atomic mass is 16.5. The van der Waals surface area contributed by atoms with E-state index in [1.54, 1.807) is 7.11 Å². The van der Waals surface area contributed by atoms with Gasteiger partial charge in [0.15, 0.2) is 0 Å². The number of ether oxygens (including phenoxy) is 2. The van der Waals surface area contributed by atoms with Crippen molar-refractivity contribution in [2.75, 3.05) is 20.3 Å². The summed E-state index contributed by atoms with van der Waals surface area (Å²) in [5, 5.41) is 4.95. The van der Waals surface area contributed by atoms with Crippen molar-refractivity contribution in [2.45, 2.75) is 19.8 Å². The number of aryl methyl sites for hydroxylation is 1. The molecule has 0 aliphatic rings. The second kappa shape index (κ2) is 9.08. The van der Waals surface area contributed by atoms with Gasteiger partial charge in [-0.05, 0) is 47.0 Å². The van der Waals surface area contributed by atoms with E-state index < -0.39 is 0 Å². The molecule has 27 heavy (non-hydrogen) atoms. The normalized spacial score (nSPS) is 10.6. The third kappa shape index (κ3) is 4.79. The first-order valence-electron chi connectivity index (χ1n) is 9.28. The van der Waals surface area contributed by atoms with Crippen LogP contribution >= 0.6 is 0 Å². The lowest BCUT2D eigenvalue weighted by molar-refractivity contribution is 0.0944. The molecule has 0 radical (unpaired) electrons. The van der Waals surface area contributed by atoms with E-state index in [1.165, 1.54) is 5.56 Å². The van der Waals surface area contributed by atoms with E-state index in [-0.39, 0.29) is 5.91 Å². The van der Waals surface area contributed by atoms with Crippen molar-refractivity contribution in [1.29, 1.82) is 0 Å². The maximum absolute atomic E-state index is 12.5. The summed E-state index contributed by atoms with van der Waals surface area (Å²) in [7, 11) is 1.58. The largest absolute Gasteiger partial charge is 0.496 e. The van der Waals surface area contributed by atoms with Gasteiger partial charge in [-0.3, -0.25) is 4.79 Å². The lowest BCUT2D eigenvalue weighted by Gasteiger charge is -2.12. The van der Waals surface area contributed by atoms with Gasteiger partial charge in [-0.15, -0.1) is 0 Å². The van der Waals surface area contributed by atoms with Crippen LogP contribution in [0.5, 0.6) is 11.5 Å². The van der Waals surface area contributed by atoms with Gasteiger partial charge < -0.3 is 14.8 Å². The van der Waals surface area contributed by atoms with Gasteiger partial charge in [0.1, 0.15) is 18.1 Å². The predicted molar refractivity (Wildman–Crippen MR) is 109 cm³/mol. The molecular formula is C23H25NO3. The number of hydrogen-bond donors (Lipinski definition) is 1. The third-order valence-corrected chi connectivity index (χ3v) is 4.43. The molecule has 0 heterocycles. The van der Waals surface area contributed by atoms with Gasteiger partial charge in [-0.1, -0.05) is 49.7 Å². The zero-order valence-electron chi connectivity index (χ0n) is 15.8. The molecule has 0 aliphatic heterocycles. The molecule has 3 rings (SSSR count). The highest BCUT2D eigenvalue weighted by molar-refractivity contribution is 6.01. The first kappa shape index (κ1) is 18.8. The fourth-order valence-electron chi connectivity index (χ4n) is 3.04. The van der Waals surface area contributed by atoms with Crippen LogP contribution in [0.4, 0.5) is 0 Å². The zero-order valence-corrected chi connectivity index (χ0v) is 15.8. The first-order chi connectivity index (χ1) is 13.2. The minimum atomic E-state index is -0.167. The average molecular weight is 363 g/mol. The van der Waals surface area contributed by atoms with Gasteiger partial charge >= 0.3 is 0 Å². The van der Waals surface area contributed by atoms with Crippen LogP contribution in [0.15, 0.2) is 60.7 Å². The van der Waals surface area contributed by atoms with Crippen LogP contribution in [0.25, 0.3) is 10.8 Å². The molecule has 0 aliphatic carbocycles. The van der Waals surface area contributed by atoms with Gasteiger partial charge in [0, 0.05) is 0 Å². The second-order valence-corrected chi connectivity index (χ2v) is 6.40. The Morgan fingerprint density at radius 2 is 1.70 bits per heavy atom. The van der Waals surface area contributed by atoms with E-state index in [0.29, 0.717) is 24.5 Å². The van der Waals surface area contributed by atoms with Crippen molar-refractivity contribution < 1.29 is 14.3 Å². The Hall–Kier alpha value is -3.01. The van der Waals surface area contributed by atoms with Gasteiger partial charge in [0.2, 0.25) is 0 Å². The van der Waals surface area contributed by atoms with E-state index in [0.717, 1.165) is 29.4 Å². The fraction of sp³-hybridized carbons (Fsp3) is 0.261. The highest BCUT2D eigenvalue weighted by Gasteiger charge is 2.13. The summed E-state index contributed by atoms with van der Waals surface area (Å²) in [5.74, 6) is 1.21. The Morgan fingerprint density at radius 3 is 2.37 bits per heavy atom. The summed E-state index contributed by atoms with van der Waals surface area (Å²) in [6.07, 6.45) is 2.20. The minimum Gasteiger partial charge on any atom is -0.496 e. The molecular weight excluding hydrogens is 338 g/mol. The van der Waals surface area contributed by atoms with Gasteiger partial charge in [-0.2, -0.15) is 0 Å². The van der Waals surface area contributed by atoms with Crippen molar-refractivity contribution >= 4 is 16.7 Å². The predicted octanol–water partition coefficient (Wildman–Crippen LogP) is 4.61. The quantitative estimate of drug-likeness (QED) is 0.595. The molecule has 140 valence electrons. The molecule has 3 aromatic rings. The molecule has 0 spiro atoms. The van der Waals surface area contributed by atoms with Crippen LogP contribution < -0.4 is 14.8 Å². The smallest absolute Gasteiger partial charge is 0.255 e. The Morgan fingerprint density at radius 1 is 1.00 bits per heavy atom. The van der Waals surface area contributed by atoms with Crippen LogP contribution in [0.2, 0.25) is 0 Å². The van der Waals surface area contributed by atoms with E-state index in [2.05, 4.69) is 24.4 Å². The number of nitrogens with one attached hydrogen (secondary N) is 1. The van der Waals surface area contributed by atoms with Crippen molar-refractivity contribution in [3.8, 4) is 11.5 Å². The maximum Gasteiger partial charge on any atom is 0.255 e. The van der Waals surface area contributed by atoms with Crippen LogP contribution in [0, 0.1) is 0 Å². The monoisotopic (exact) mass is 363 g/mol. The summed E-state index contributed by atoms with van der Waals surface area (Å²) >= 11 is 0. The summed E-state index contributed by atoms with van der Waals surface area (Å²) in [6, 6.07) is 19.8. The summed E-state index contributed by atoms with van der Waals surface area (Å²) in [4.78, 5) is 12.5. The van der Waals surface area contributed by atoms with E-state index in [1.807, 2.05) is 48.5 Å². The molecule has 0 saturated carbocycles. The van der Waals surface area contributed by atoms with Crippen LogP contribution in [0.3, 0.4) is 0 Å². The third-order valence-electron chi connectivity index (χ3n) is 4.43. The molecule has 4 nitrogen and oxygen atoms in total. The summed E-state index contributed by atoms with van der Waals surface area (Å²) in [5.41, 5.74) is 1.83. The van der Waals surface area contributed by atoms with Crippen LogP contribution in [-0.2, 0) is 6.42 Å². The van der Waals surface area contributed by atoms with Gasteiger partial charge in [0.25, 0.3) is 5.91 Å². The Bertz CT molecular complexity index is 903. The molecule has 0 fully saturated rings. The number of hydrogen-bond acceptors (Lipinski definition) is 3. The number of carbonyl (C=O) groups is 1. The second-order valence-electron chi connectivity index (χ2n) is 6.40. The number of fused-ring (bicyclic) bond motifs is 1. The summed E-state index contributed by atoms with van der Waals surface area (Å²) in [6.45, 7) is 3.00. The zero-order chi connectivity index (χ0) is 19.1.